The number of aromatic nitrogens is 1. The molecule has 0 radical (unpaired) electrons. The standard InChI is InChI=1S/C21H19F3N4O4/c22-21(23,24)17-5-4-15(12-25-17)27-6-1-7-28(9-8-27)20(31)19(30)26-14-3-2-13-10-18(29)32-16(13)11-14/h2-5,11-12H,1,6-10H2,(H,26,30). The number of nitrogens with zero attached hydrogens (tertiary/aromatic N) is 3. The highest BCUT2D eigenvalue weighted by Crippen LogP contribution is 2.30. The van der Waals surface area contributed by atoms with E-state index in [1.165, 1.54) is 17.0 Å². The zero-order valence-corrected chi connectivity index (χ0v) is 16.8. The Morgan fingerprint density at radius 3 is 2.59 bits per heavy atom. The monoisotopic (exact) mass is 448 g/mol. The van der Waals surface area contributed by atoms with Gasteiger partial charge in [0, 0.05) is 43.5 Å². The van der Waals surface area contributed by atoms with Crippen molar-refractivity contribution in [1.29, 1.82) is 0 Å². The number of anilines is 2. The number of pyridine rings is 1. The maximum Gasteiger partial charge on any atom is 0.433 e. The first kappa shape index (κ1) is 21.6. The lowest BCUT2D eigenvalue weighted by Crippen LogP contribution is -2.41. The van der Waals surface area contributed by atoms with Gasteiger partial charge in [-0.05, 0) is 24.6 Å². The van der Waals surface area contributed by atoms with Crippen LogP contribution in [0, 0.1) is 0 Å². The second-order valence-electron chi connectivity index (χ2n) is 7.46. The van der Waals surface area contributed by atoms with Crippen LogP contribution in [0.5, 0.6) is 5.75 Å². The first-order chi connectivity index (χ1) is 15.2. The molecule has 2 aliphatic heterocycles. The van der Waals surface area contributed by atoms with Crippen molar-refractivity contribution in [2.75, 3.05) is 36.4 Å². The summed E-state index contributed by atoms with van der Waals surface area (Å²) < 4.78 is 43.1. The van der Waals surface area contributed by atoms with E-state index >= 15 is 0 Å². The van der Waals surface area contributed by atoms with E-state index in [2.05, 4.69) is 10.3 Å². The molecular formula is C21H19F3N4O4. The summed E-state index contributed by atoms with van der Waals surface area (Å²) in [5.74, 6) is -1.55. The summed E-state index contributed by atoms with van der Waals surface area (Å²) in [6.07, 6.45) is -2.64. The molecule has 4 rings (SSSR count). The van der Waals surface area contributed by atoms with Crippen molar-refractivity contribution < 1.29 is 32.3 Å². The van der Waals surface area contributed by atoms with E-state index in [0.29, 0.717) is 48.7 Å². The number of esters is 1. The van der Waals surface area contributed by atoms with E-state index in [9.17, 15) is 27.6 Å². The summed E-state index contributed by atoms with van der Waals surface area (Å²) in [5, 5.41) is 2.52. The molecule has 168 valence electrons. The summed E-state index contributed by atoms with van der Waals surface area (Å²) in [7, 11) is 0. The van der Waals surface area contributed by atoms with Crippen LogP contribution in [0.15, 0.2) is 36.5 Å². The molecule has 0 atom stereocenters. The van der Waals surface area contributed by atoms with E-state index in [4.69, 9.17) is 4.74 Å². The van der Waals surface area contributed by atoms with Gasteiger partial charge in [-0.3, -0.25) is 14.4 Å². The predicted octanol–water partition coefficient (Wildman–Crippen LogP) is 2.24. The SMILES string of the molecule is O=C1Cc2ccc(NC(=O)C(=O)N3CCCN(c4ccc(C(F)(F)F)nc4)CC3)cc2O1. The van der Waals surface area contributed by atoms with Crippen LogP contribution in [0.1, 0.15) is 17.7 Å². The van der Waals surface area contributed by atoms with Gasteiger partial charge in [0.1, 0.15) is 11.4 Å². The van der Waals surface area contributed by atoms with Gasteiger partial charge in [-0.1, -0.05) is 6.07 Å². The van der Waals surface area contributed by atoms with Crippen LogP contribution in [0.25, 0.3) is 0 Å². The van der Waals surface area contributed by atoms with E-state index in [1.54, 1.807) is 12.1 Å². The number of carbonyl (C=O) groups is 3. The van der Waals surface area contributed by atoms with Crippen LogP contribution in [0.2, 0.25) is 0 Å². The van der Waals surface area contributed by atoms with Crippen LogP contribution >= 0.6 is 0 Å². The second kappa shape index (κ2) is 8.48. The molecule has 1 aromatic carbocycles. The minimum Gasteiger partial charge on any atom is -0.426 e. The molecule has 0 unspecified atom stereocenters. The van der Waals surface area contributed by atoms with E-state index in [-0.39, 0.29) is 18.9 Å². The number of carbonyl (C=O) groups excluding carboxylic acids is 3. The molecular weight excluding hydrogens is 429 g/mol. The van der Waals surface area contributed by atoms with Gasteiger partial charge in [0.25, 0.3) is 0 Å². The minimum atomic E-state index is -4.51. The van der Waals surface area contributed by atoms with Gasteiger partial charge in [0.15, 0.2) is 0 Å². The van der Waals surface area contributed by atoms with Crippen molar-refractivity contribution in [2.45, 2.75) is 19.0 Å². The lowest BCUT2D eigenvalue weighted by Gasteiger charge is -2.23. The Hall–Kier alpha value is -3.63. The van der Waals surface area contributed by atoms with Crippen LogP contribution in [0.4, 0.5) is 24.5 Å². The summed E-state index contributed by atoms with van der Waals surface area (Å²) in [6, 6.07) is 7.01. The van der Waals surface area contributed by atoms with Gasteiger partial charge < -0.3 is 19.9 Å². The molecule has 3 heterocycles. The molecule has 1 aromatic heterocycles. The number of fused-ring (bicyclic) bond motifs is 1. The first-order valence-electron chi connectivity index (χ1n) is 9.93. The highest BCUT2D eigenvalue weighted by molar-refractivity contribution is 6.39. The summed E-state index contributed by atoms with van der Waals surface area (Å²) >= 11 is 0. The number of hydrogen-bond donors (Lipinski definition) is 1. The normalized spacial score (nSPS) is 16.3. The Labute approximate surface area is 181 Å². The molecule has 0 bridgehead atoms. The molecule has 0 spiro atoms. The van der Waals surface area contributed by atoms with Gasteiger partial charge in [-0.15, -0.1) is 0 Å². The van der Waals surface area contributed by atoms with Crippen LogP contribution < -0.4 is 15.0 Å². The maximum atomic E-state index is 12.7. The zero-order valence-electron chi connectivity index (χ0n) is 16.8. The van der Waals surface area contributed by atoms with Crippen molar-refractivity contribution in [2.24, 2.45) is 0 Å². The minimum absolute atomic E-state index is 0.168. The van der Waals surface area contributed by atoms with Crippen LogP contribution in [-0.4, -0.2) is 53.8 Å². The van der Waals surface area contributed by atoms with Gasteiger partial charge in [-0.25, -0.2) is 4.98 Å². The van der Waals surface area contributed by atoms with Crippen molar-refractivity contribution >= 4 is 29.2 Å². The number of alkyl halides is 3. The molecule has 1 fully saturated rings. The molecule has 1 N–H and O–H groups in total. The third-order valence-electron chi connectivity index (χ3n) is 5.26. The van der Waals surface area contributed by atoms with Gasteiger partial charge in [0.2, 0.25) is 0 Å². The Bertz CT molecular complexity index is 1060. The van der Waals surface area contributed by atoms with Crippen molar-refractivity contribution in [3.63, 3.8) is 0 Å². The fraction of sp³-hybridized carbons (Fsp3) is 0.333. The molecule has 2 aromatic rings. The summed E-state index contributed by atoms with van der Waals surface area (Å²) in [5.41, 5.74) is 0.601. The van der Waals surface area contributed by atoms with Crippen molar-refractivity contribution in [3.05, 3.63) is 47.8 Å². The van der Waals surface area contributed by atoms with Crippen molar-refractivity contribution in [1.82, 2.24) is 9.88 Å². The third-order valence-corrected chi connectivity index (χ3v) is 5.26. The lowest BCUT2D eigenvalue weighted by atomic mass is 10.1. The first-order valence-corrected chi connectivity index (χ1v) is 9.93. The van der Waals surface area contributed by atoms with Gasteiger partial charge in [0.05, 0.1) is 18.3 Å². The number of halogens is 3. The molecule has 32 heavy (non-hydrogen) atoms. The molecule has 2 aliphatic rings. The highest BCUT2D eigenvalue weighted by Gasteiger charge is 2.32. The smallest absolute Gasteiger partial charge is 0.426 e. The fourth-order valence-electron chi connectivity index (χ4n) is 3.64. The molecule has 0 saturated carbocycles. The molecule has 8 nitrogen and oxygen atoms in total. The third kappa shape index (κ3) is 4.66. The zero-order chi connectivity index (χ0) is 22.9. The van der Waals surface area contributed by atoms with Crippen LogP contribution in [-0.2, 0) is 27.0 Å². The number of ether oxygens (including phenoxy) is 1. The fourth-order valence-corrected chi connectivity index (χ4v) is 3.64. The summed E-state index contributed by atoms with van der Waals surface area (Å²) in [4.78, 5) is 43.1. The average molecular weight is 448 g/mol. The maximum absolute atomic E-state index is 12.7. The molecule has 2 amide bonds. The Kier molecular flexibility index (Phi) is 5.72. The Morgan fingerprint density at radius 2 is 1.88 bits per heavy atom. The summed E-state index contributed by atoms with van der Waals surface area (Å²) in [6.45, 7) is 1.42. The molecule has 1 saturated heterocycles. The van der Waals surface area contributed by atoms with Gasteiger partial charge in [-0.2, -0.15) is 13.2 Å². The number of hydrogen-bond acceptors (Lipinski definition) is 6. The van der Waals surface area contributed by atoms with Crippen molar-refractivity contribution in [3.8, 4) is 5.75 Å². The van der Waals surface area contributed by atoms with Gasteiger partial charge >= 0.3 is 24.0 Å². The quantitative estimate of drug-likeness (QED) is 0.431. The Balaban J connectivity index is 1.35. The largest absolute Gasteiger partial charge is 0.433 e. The second-order valence-corrected chi connectivity index (χ2v) is 7.46. The topological polar surface area (TPSA) is 91.8 Å². The molecule has 11 heteroatoms. The number of amides is 2. The number of nitrogens with one attached hydrogen (secondary N) is 1. The predicted molar refractivity (Wildman–Crippen MR) is 107 cm³/mol. The van der Waals surface area contributed by atoms with E-state index in [1.807, 2.05) is 4.90 Å². The Morgan fingerprint density at radius 1 is 1.06 bits per heavy atom. The highest BCUT2D eigenvalue weighted by atomic mass is 19.4. The van der Waals surface area contributed by atoms with E-state index < -0.39 is 23.7 Å². The molecule has 0 aliphatic carbocycles. The number of rotatable bonds is 2. The average Bonchev–Trinajstić information content (AvgIpc) is 2.95. The van der Waals surface area contributed by atoms with E-state index in [0.717, 1.165) is 12.3 Å². The number of benzene rings is 1. The van der Waals surface area contributed by atoms with Crippen LogP contribution in [0.3, 0.4) is 0 Å². The lowest BCUT2D eigenvalue weighted by molar-refractivity contribution is -0.143.